The van der Waals surface area contributed by atoms with Crippen LogP contribution in [-0.2, 0) is 6.18 Å². The molecular weight excluding hydrogens is 357 g/mol. The molecule has 0 spiro atoms. The molecule has 2 nitrogen and oxygen atoms in total. The smallest absolute Gasteiger partial charge is 0.251 e. The van der Waals surface area contributed by atoms with Crippen LogP contribution in [0.1, 0.15) is 48.4 Å². The van der Waals surface area contributed by atoms with Gasteiger partial charge in [-0.2, -0.15) is 18.4 Å². The highest BCUT2D eigenvalue weighted by atomic mass is 79.9. The number of aromatic nitrogens is 1. The first-order valence-electron chi connectivity index (χ1n) is 7.02. The highest BCUT2D eigenvalue weighted by Gasteiger charge is 2.31. The molecule has 114 valence electrons. The summed E-state index contributed by atoms with van der Waals surface area (Å²) >= 11 is 3.31. The van der Waals surface area contributed by atoms with E-state index in [0.717, 1.165) is 37.8 Å². The van der Waals surface area contributed by atoms with Crippen LogP contribution in [0.5, 0.6) is 0 Å². The normalized spacial score (nSPS) is 16.1. The summed E-state index contributed by atoms with van der Waals surface area (Å²) in [5.41, 5.74) is 0.818. The lowest BCUT2D eigenvalue weighted by atomic mass is 9.97. The Morgan fingerprint density at radius 1 is 1.23 bits per heavy atom. The van der Waals surface area contributed by atoms with Crippen LogP contribution in [-0.4, -0.2) is 4.98 Å². The van der Waals surface area contributed by atoms with Gasteiger partial charge in [0.1, 0.15) is 6.07 Å². The van der Waals surface area contributed by atoms with Gasteiger partial charge in [-0.15, -0.1) is 0 Å². The summed E-state index contributed by atoms with van der Waals surface area (Å²) in [4.78, 5) is 4.49. The lowest BCUT2D eigenvalue weighted by Crippen LogP contribution is -2.06. The van der Waals surface area contributed by atoms with E-state index in [1.165, 1.54) is 6.07 Å². The van der Waals surface area contributed by atoms with Crippen molar-refractivity contribution in [1.82, 2.24) is 4.98 Å². The molecule has 0 radical (unpaired) electrons. The van der Waals surface area contributed by atoms with Crippen molar-refractivity contribution < 1.29 is 13.2 Å². The van der Waals surface area contributed by atoms with E-state index in [9.17, 15) is 18.4 Å². The van der Waals surface area contributed by atoms with Gasteiger partial charge in [0.15, 0.2) is 0 Å². The first-order chi connectivity index (χ1) is 10.4. The Bertz CT molecular complexity index is 772. The summed E-state index contributed by atoms with van der Waals surface area (Å²) in [6.45, 7) is 0. The number of rotatable bonds is 1. The Balaban J connectivity index is 2.23. The van der Waals surface area contributed by atoms with Crippen molar-refractivity contribution in [1.29, 1.82) is 5.26 Å². The number of fused-ring (bicyclic) bond motifs is 1. The van der Waals surface area contributed by atoms with Gasteiger partial charge in [-0.1, -0.05) is 12.8 Å². The standard InChI is InChI=1S/C16H12BrF3N2/c17-14-11-7-10(16(18,19)20)5-6-13(11)22-15(12(14)8-21)9-3-1-2-4-9/h5-7,9H,1-4H2. The fourth-order valence-electron chi connectivity index (χ4n) is 3.02. The Morgan fingerprint density at radius 3 is 2.50 bits per heavy atom. The van der Waals surface area contributed by atoms with Crippen molar-refractivity contribution in [3.05, 3.63) is 39.5 Å². The molecule has 3 rings (SSSR count). The van der Waals surface area contributed by atoms with Crippen molar-refractivity contribution in [3.63, 3.8) is 0 Å². The summed E-state index contributed by atoms with van der Waals surface area (Å²) in [6, 6.07) is 5.56. The van der Waals surface area contributed by atoms with Crippen molar-refractivity contribution in [2.75, 3.05) is 0 Å². The third-order valence-electron chi connectivity index (χ3n) is 4.13. The third-order valence-corrected chi connectivity index (χ3v) is 4.95. The van der Waals surface area contributed by atoms with Crippen LogP contribution in [0.3, 0.4) is 0 Å². The number of hydrogen-bond acceptors (Lipinski definition) is 2. The first kappa shape index (κ1) is 15.3. The molecule has 0 saturated heterocycles. The molecule has 1 heterocycles. The summed E-state index contributed by atoms with van der Waals surface area (Å²) in [5, 5.41) is 9.73. The second-order valence-corrected chi connectivity index (χ2v) is 6.30. The van der Waals surface area contributed by atoms with Crippen LogP contribution in [0.2, 0.25) is 0 Å². The average molecular weight is 369 g/mol. The predicted molar refractivity (Wildman–Crippen MR) is 80.4 cm³/mol. The monoisotopic (exact) mass is 368 g/mol. The number of alkyl halides is 3. The minimum Gasteiger partial charge on any atom is -0.251 e. The molecular formula is C16H12BrF3N2. The van der Waals surface area contributed by atoms with Gasteiger partial charge < -0.3 is 0 Å². The SMILES string of the molecule is N#Cc1c(C2CCCC2)nc2ccc(C(F)(F)F)cc2c1Br. The second kappa shape index (κ2) is 5.54. The molecule has 1 saturated carbocycles. The van der Waals surface area contributed by atoms with Gasteiger partial charge in [0.2, 0.25) is 0 Å². The Morgan fingerprint density at radius 2 is 1.91 bits per heavy atom. The maximum Gasteiger partial charge on any atom is 0.416 e. The average Bonchev–Trinajstić information content (AvgIpc) is 2.99. The lowest BCUT2D eigenvalue weighted by molar-refractivity contribution is -0.137. The molecule has 0 bridgehead atoms. The highest BCUT2D eigenvalue weighted by Crippen LogP contribution is 2.40. The molecule has 0 unspecified atom stereocenters. The maximum atomic E-state index is 12.9. The van der Waals surface area contributed by atoms with Crippen molar-refractivity contribution >= 4 is 26.8 Å². The van der Waals surface area contributed by atoms with E-state index in [2.05, 4.69) is 27.0 Å². The van der Waals surface area contributed by atoms with Crippen LogP contribution >= 0.6 is 15.9 Å². The molecule has 2 aromatic rings. The summed E-state index contributed by atoms with van der Waals surface area (Å²) < 4.78 is 39.0. The van der Waals surface area contributed by atoms with Gasteiger partial charge in [-0.25, -0.2) is 0 Å². The van der Waals surface area contributed by atoms with E-state index >= 15 is 0 Å². The number of nitriles is 1. The molecule has 1 aliphatic rings. The van der Waals surface area contributed by atoms with Gasteiger partial charge >= 0.3 is 6.18 Å². The van der Waals surface area contributed by atoms with Crippen molar-refractivity contribution in [2.24, 2.45) is 0 Å². The van der Waals surface area contributed by atoms with E-state index in [1.807, 2.05) is 0 Å². The van der Waals surface area contributed by atoms with Gasteiger partial charge in [0.05, 0.1) is 22.3 Å². The van der Waals surface area contributed by atoms with Crippen LogP contribution in [0.15, 0.2) is 22.7 Å². The fraction of sp³-hybridized carbons (Fsp3) is 0.375. The number of hydrogen-bond donors (Lipinski definition) is 0. The fourth-order valence-corrected chi connectivity index (χ4v) is 3.63. The summed E-state index contributed by atoms with van der Waals surface area (Å²) in [6.07, 6.45) is -0.273. The molecule has 0 aliphatic heterocycles. The third kappa shape index (κ3) is 2.58. The van der Waals surface area contributed by atoms with Gasteiger partial charge in [-0.05, 0) is 47.0 Å². The minimum atomic E-state index is -4.41. The predicted octanol–water partition coefficient (Wildman–Crippen LogP) is 5.55. The minimum absolute atomic E-state index is 0.220. The summed E-state index contributed by atoms with van der Waals surface area (Å²) in [7, 11) is 0. The van der Waals surface area contributed by atoms with Crippen LogP contribution in [0, 0.1) is 11.3 Å². The number of halogens is 4. The second-order valence-electron chi connectivity index (χ2n) is 5.51. The molecule has 0 atom stereocenters. The van der Waals surface area contributed by atoms with Gasteiger partial charge in [-0.3, -0.25) is 4.98 Å². The number of nitrogens with zero attached hydrogens (tertiary/aromatic N) is 2. The van der Waals surface area contributed by atoms with E-state index in [4.69, 9.17) is 0 Å². The molecule has 1 aliphatic carbocycles. The first-order valence-corrected chi connectivity index (χ1v) is 7.81. The number of pyridine rings is 1. The summed E-state index contributed by atoms with van der Waals surface area (Å²) in [5.74, 6) is 0.220. The molecule has 1 aromatic heterocycles. The lowest BCUT2D eigenvalue weighted by Gasteiger charge is -2.15. The highest BCUT2D eigenvalue weighted by molar-refractivity contribution is 9.10. The number of benzene rings is 1. The van der Waals surface area contributed by atoms with Gasteiger partial charge in [0.25, 0.3) is 0 Å². The van der Waals surface area contributed by atoms with Crippen LogP contribution < -0.4 is 0 Å². The van der Waals surface area contributed by atoms with Crippen LogP contribution in [0.4, 0.5) is 13.2 Å². The Hall–Kier alpha value is -1.61. The topological polar surface area (TPSA) is 36.7 Å². The molecule has 22 heavy (non-hydrogen) atoms. The van der Waals surface area contributed by atoms with Crippen molar-refractivity contribution in [3.8, 4) is 6.07 Å². The van der Waals surface area contributed by atoms with E-state index in [0.29, 0.717) is 26.6 Å². The molecule has 0 amide bonds. The zero-order valence-electron chi connectivity index (χ0n) is 11.5. The van der Waals surface area contributed by atoms with E-state index in [1.54, 1.807) is 0 Å². The Kier molecular flexibility index (Phi) is 3.85. The molecule has 1 aromatic carbocycles. The molecule has 6 heteroatoms. The van der Waals surface area contributed by atoms with E-state index in [-0.39, 0.29) is 5.92 Å². The molecule has 1 fully saturated rings. The zero-order valence-corrected chi connectivity index (χ0v) is 13.1. The maximum absolute atomic E-state index is 12.9. The van der Waals surface area contributed by atoms with Gasteiger partial charge in [0, 0.05) is 15.8 Å². The van der Waals surface area contributed by atoms with Crippen molar-refractivity contribution in [2.45, 2.75) is 37.8 Å². The Labute approximate surface area is 134 Å². The quantitative estimate of drug-likeness (QED) is 0.661. The van der Waals surface area contributed by atoms with E-state index < -0.39 is 11.7 Å². The zero-order chi connectivity index (χ0) is 15.9. The largest absolute Gasteiger partial charge is 0.416 e. The molecule has 0 N–H and O–H groups in total. The van der Waals surface area contributed by atoms with Crippen LogP contribution in [0.25, 0.3) is 10.9 Å².